The van der Waals surface area contributed by atoms with Crippen LogP contribution < -0.4 is 5.32 Å². The van der Waals surface area contributed by atoms with Gasteiger partial charge in [-0.3, -0.25) is 14.4 Å². The Kier molecular flexibility index (Phi) is 4.83. The molecule has 1 aromatic carbocycles. The lowest BCUT2D eigenvalue weighted by Gasteiger charge is -2.24. The summed E-state index contributed by atoms with van der Waals surface area (Å²) in [5.41, 5.74) is 0.973. The number of likely N-dealkylation sites (tertiary alicyclic amines) is 1. The van der Waals surface area contributed by atoms with Gasteiger partial charge in [-0.2, -0.15) is 0 Å². The molecule has 3 unspecified atom stereocenters. The number of amides is 2. The first-order chi connectivity index (χ1) is 11.6. The Morgan fingerprint density at radius 3 is 2.38 bits per heavy atom. The zero-order chi connectivity index (χ0) is 17.1. The Balaban J connectivity index is 1.68. The average molecular weight is 330 g/mol. The molecule has 0 aromatic heterocycles. The van der Waals surface area contributed by atoms with Gasteiger partial charge in [0, 0.05) is 19.5 Å². The van der Waals surface area contributed by atoms with E-state index < -0.39 is 23.8 Å². The van der Waals surface area contributed by atoms with Crippen LogP contribution in [0.15, 0.2) is 30.3 Å². The number of aliphatic carboxylic acids is 1. The zero-order valence-corrected chi connectivity index (χ0v) is 13.5. The number of benzene rings is 1. The number of carboxylic acid groups (broad SMARTS) is 1. The number of nitrogens with one attached hydrogen (secondary N) is 1. The second-order valence-electron chi connectivity index (χ2n) is 6.57. The fraction of sp³-hybridized carbons (Fsp3) is 0.500. The van der Waals surface area contributed by atoms with E-state index in [0.29, 0.717) is 12.8 Å². The van der Waals surface area contributed by atoms with E-state index in [4.69, 9.17) is 5.11 Å². The minimum absolute atomic E-state index is 0.0720. The Hall–Kier alpha value is -2.37. The maximum Gasteiger partial charge on any atom is 0.307 e. The zero-order valence-electron chi connectivity index (χ0n) is 13.5. The molecule has 2 fully saturated rings. The lowest BCUT2D eigenvalue weighted by atomic mass is 10.0. The molecule has 1 aliphatic carbocycles. The molecule has 0 spiro atoms. The summed E-state index contributed by atoms with van der Waals surface area (Å²) in [6.07, 6.45) is 2.76. The van der Waals surface area contributed by atoms with E-state index in [2.05, 4.69) is 5.32 Å². The predicted octanol–water partition coefficient (Wildman–Crippen LogP) is 1.06. The van der Waals surface area contributed by atoms with Gasteiger partial charge in [0.1, 0.15) is 6.04 Å². The highest BCUT2D eigenvalue weighted by atomic mass is 16.4. The highest BCUT2D eigenvalue weighted by molar-refractivity contribution is 5.93. The summed E-state index contributed by atoms with van der Waals surface area (Å²) in [6.45, 7) is 1.45. The molecule has 6 nitrogen and oxygen atoms in total. The van der Waals surface area contributed by atoms with Crippen molar-refractivity contribution in [2.45, 2.75) is 31.7 Å². The Bertz CT molecular complexity index is 625. The molecule has 1 aliphatic heterocycles. The van der Waals surface area contributed by atoms with Crippen LogP contribution in [-0.4, -0.2) is 46.9 Å². The van der Waals surface area contributed by atoms with Gasteiger partial charge in [-0.1, -0.05) is 30.3 Å². The van der Waals surface area contributed by atoms with Crippen molar-refractivity contribution in [3.05, 3.63) is 35.9 Å². The van der Waals surface area contributed by atoms with Gasteiger partial charge >= 0.3 is 5.97 Å². The normalized spacial score (nSPS) is 23.6. The van der Waals surface area contributed by atoms with Crippen LogP contribution in [0, 0.1) is 11.8 Å². The van der Waals surface area contributed by atoms with Crippen LogP contribution in [0.25, 0.3) is 0 Å². The smallest absolute Gasteiger partial charge is 0.307 e. The molecule has 128 valence electrons. The van der Waals surface area contributed by atoms with Gasteiger partial charge in [0.2, 0.25) is 11.8 Å². The van der Waals surface area contributed by atoms with Crippen molar-refractivity contribution in [3.8, 4) is 0 Å². The predicted molar refractivity (Wildman–Crippen MR) is 87.1 cm³/mol. The Labute approximate surface area is 140 Å². The summed E-state index contributed by atoms with van der Waals surface area (Å²) < 4.78 is 0. The van der Waals surface area contributed by atoms with Gasteiger partial charge in [-0.05, 0) is 24.8 Å². The van der Waals surface area contributed by atoms with Crippen LogP contribution in [0.3, 0.4) is 0 Å². The van der Waals surface area contributed by atoms with Crippen LogP contribution in [-0.2, 0) is 20.8 Å². The second kappa shape index (κ2) is 7.03. The topological polar surface area (TPSA) is 86.7 Å². The molecule has 1 saturated carbocycles. The molecule has 1 saturated heterocycles. The van der Waals surface area contributed by atoms with Crippen molar-refractivity contribution in [2.75, 3.05) is 13.1 Å². The van der Waals surface area contributed by atoms with Crippen LogP contribution in [0.4, 0.5) is 0 Å². The Morgan fingerprint density at radius 1 is 1.12 bits per heavy atom. The van der Waals surface area contributed by atoms with Crippen LogP contribution in [0.2, 0.25) is 0 Å². The first kappa shape index (κ1) is 16.5. The fourth-order valence-electron chi connectivity index (χ4n) is 3.24. The minimum atomic E-state index is -0.944. The summed E-state index contributed by atoms with van der Waals surface area (Å²) in [5.74, 6) is -2.45. The maximum absolute atomic E-state index is 12.7. The Morgan fingerprint density at radius 2 is 1.79 bits per heavy atom. The summed E-state index contributed by atoms with van der Waals surface area (Å²) in [7, 11) is 0. The molecule has 24 heavy (non-hydrogen) atoms. The van der Waals surface area contributed by atoms with Gasteiger partial charge in [0.05, 0.1) is 11.8 Å². The minimum Gasteiger partial charge on any atom is -0.481 e. The van der Waals surface area contributed by atoms with E-state index in [1.165, 1.54) is 0 Å². The van der Waals surface area contributed by atoms with Gasteiger partial charge in [-0.15, -0.1) is 0 Å². The van der Waals surface area contributed by atoms with Gasteiger partial charge in [0.25, 0.3) is 0 Å². The molecule has 1 aromatic rings. The molecular formula is C18H22N2O4. The standard InChI is InChI=1S/C18H22N2O4/c21-16(13-11-14(13)18(23)24)19-15(10-12-6-2-1-3-7-12)17(22)20-8-4-5-9-20/h1-3,6-7,13-15H,4-5,8-11H2,(H,19,21)(H,23,24). The van der Waals surface area contributed by atoms with Crippen molar-refractivity contribution in [3.63, 3.8) is 0 Å². The van der Waals surface area contributed by atoms with E-state index in [-0.39, 0.29) is 11.8 Å². The third-order valence-corrected chi connectivity index (χ3v) is 4.76. The van der Waals surface area contributed by atoms with Crippen molar-refractivity contribution in [2.24, 2.45) is 11.8 Å². The van der Waals surface area contributed by atoms with E-state index >= 15 is 0 Å². The quantitative estimate of drug-likeness (QED) is 0.816. The first-order valence-corrected chi connectivity index (χ1v) is 8.42. The molecule has 3 atom stereocenters. The van der Waals surface area contributed by atoms with Crippen LogP contribution in [0.1, 0.15) is 24.8 Å². The van der Waals surface area contributed by atoms with E-state index in [0.717, 1.165) is 31.5 Å². The molecule has 1 heterocycles. The average Bonchev–Trinajstić information content (AvgIpc) is 3.21. The van der Waals surface area contributed by atoms with E-state index in [1.54, 1.807) is 4.90 Å². The molecule has 3 rings (SSSR count). The van der Waals surface area contributed by atoms with Gasteiger partial charge in [-0.25, -0.2) is 0 Å². The van der Waals surface area contributed by atoms with E-state index in [1.807, 2.05) is 30.3 Å². The summed E-state index contributed by atoms with van der Waals surface area (Å²) in [6, 6.07) is 8.92. The number of nitrogens with zero attached hydrogens (tertiary/aromatic N) is 1. The van der Waals surface area contributed by atoms with Gasteiger partial charge in [0.15, 0.2) is 0 Å². The third kappa shape index (κ3) is 3.75. The summed E-state index contributed by atoms with van der Waals surface area (Å²) in [5, 5.41) is 11.8. The SMILES string of the molecule is O=C(O)C1CC1C(=O)NC(Cc1ccccc1)C(=O)N1CCCC1. The fourth-order valence-corrected chi connectivity index (χ4v) is 3.24. The van der Waals surface area contributed by atoms with Gasteiger partial charge < -0.3 is 15.3 Å². The summed E-state index contributed by atoms with van der Waals surface area (Å²) in [4.78, 5) is 37.8. The monoisotopic (exact) mass is 330 g/mol. The lowest BCUT2D eigenvalue weighted by Crippen LogP contribution is -2.49. The first-order valence-electron chi connectivity index (χ1n) is 8.42. The number of rotatable bonds is 6. The molecular weight excluding hydrogens is 308 g/mol. The van der Waals surface area contributed by atoms with Crippen LogP contribution >= 0.6 is 0 Å². The van der Waals surface area contributed by atoms with Crippen LogP contribution in [0.5, 0.6) is 0 Å². The van der Waals surface area contributed by atoms with Crippen molar-refractivity contribution in [1.82, 2.24) is 10.2 Å². The van der Waals surface area contributed by atoms with Crippen molar-refractivity contribution >= 4 is 17.8 Å². The third-order valence-electron chi connectivity index (χ3n) is 4.76. The molecule has 0 bridgehead atoms. The second-order valence-corrected chi connectivity index (χ2v) is 6.57. The lowest BCUT2D eigenvalue weighted by molar-refractivity contribution is -0.140. The maximum atomic E-state index is 12.7. The number of carbonyl (C=O) groups is 3. The molecule has 2 N–H and O–H groups in total. The molecule has 2 amide bonds. The molecule has 0 radical (unpaired) electrons. The number of carbonyl (C=O) groups excluding carboxylic acids is 2. The summed E-state index contributed by atoms with van der Waals surface area (Å²) >= 11 is 0. The highest BCUT2D eigenvalue weighted by Crippen LogP contribution is 2.38. The number of carboxylic acids is 1. The highest BCUT2D eigenvalue weighted by Gasteiger charge is 2.49. The molecule has 6 heteroatoms. The largest absolute Gasteiger partial charge is 0.481 e. The van der Waals surface area contributed by atoms with E-state index in [9.17, 15) is 14.4 Å². The van der Waals surface area contributed by atoms with Crippen molar-refractivity contribution in [1.29, 1.82) is 0 Å². The number of hydrogen-bond acceptors (Lipinski definition) is 3. The number of hydrogen-bond donors (Lipinski definition) is 2. The molecule has 2 aliphatic rings. The van der Waals surface area contributed by atoms with Crippen molar-refractivity contribution < 1.29 is 19.5 Å².